The molecule has 1 aliphatic heterocycles. The van der Waals surface area contributed by atoms with E-state index in [4.69, 9.17) is 25.6 Å². The first kappa shape index (κ1) is 15.0. The van der Waals surface area contributed by atoms with E-state index in [2.05, 4.69) is 21.1 Å². The Morgan fingerprint density at radius 2 is 2.29 bits per heavy atom. The Morgan fingerprint density at radius 1 is 1.38 bits per heavy atom. The summed E-state index contributed by atoms with van der Waals surface area (Å²) in [6.07, 6.45) is 3.03. The standard InChI is InChI=1S/C15H15BrClNO3/c16-14-12(9-20-13-6-1-2-7-19-13)18-21-15(14)10-4-3-5-11(17)8-10/h3-5,8,13H,1-2,6-7,9H2. The molecule has 1 saturated heterocycles. The molecule has 1 aromatic heterocycles. The van der Waals surface area contributed by atoms with Crippen LogP contribution in [0.4, 0.5) is 0 Å². The van der Waals surface area contributed by atoms with Crippen LogP contribution >= 0.6 is 27.5 Å². The van der Waals surface area contributed by atoms with Crippen molar-refractivity contribution in [3.05, 3.63) is 39.5 Å². The average molecular weight is 373 g/mol. The van der Waals surface area contributed by atoms with E-state index in [1.54, 1.807) is 0 Å². The van der Waals surface area contributed by atoms with Crippen LogP contribution in [0.5, 0.6) is 0 Å². The molecular weight excluding hydrogens is 358 g/mol. The van der Waals surface area contributed by atoms with Crippen molar-refractivity contribution in [2.45, 2.75) is 32.2 Å². The van der Waals surface area contributed by atoms with Crippen molar-refractivity contribution >= 4 is 27.5 Å². The lowest BCUT2D eigenvalue weighted by atomic mass is 10.1. The van der Waals surface area contributed by atoms with E-state index >= 15 is 0 Å². The van der Waals surface area contributed by atoms with E-state index in [0.717, 1.165) is 41.6 Å². The Hall–Kier alpha value is -0.880. The number of halogens is 2. The van der Waals surface area contributed by atoms with Gasteiger partial charge < -0.3 is 14.0 Å². The average Bonchev–Trinajstić information content (AvgIpc) is 2.87. The lowest BCUT2D eigenvalue weighted by Gasteiger charge is -2.22. The molecule has 1 aliphatic rings. The van der Waals surface area contributed by atoms with Crippen LogP contribution in [0, 0.1) is 0 Å². The Morgan fingerprint density at radius 3 is 3.05 bits per heavy atom. The fourth-order valence-electron chi connectivity index (χ4n) is 2.23. The molecule has 0 bridgehead atoms. The number of hydrogen-bond acceptors (Lipinski definition) is 4. The van der Waals surface area contributed by atoms with Gasteiger partial charge in [0.15, 0.2) is 12.1 Å². The van der Waals surface area contributed by atoms with Gasteiger partial charge in [0.1, 0.15) is 5.69 Å². The highest BCUT2D eigenvalue weighted by Crippen LogP contribution is 2.33. The van der Waals surface area contributed by atoms with Gasteiger partial charge in [0.2, 0.25) is 0 Å². The lowest BCUT2D eigenvalue weighted by molar-refractivity contribution is -0.169. The van der Waals surface area contributed by atoms with Gasteiger partial charge in [-0.1, -0.05) is 28.9 Å². The minimum Gasteiger partial charge on any atom is -0.355 e. The summed E-state index contributed by atoms with van der Waals surface area (Å²) in [6.45, 7) is 1.12. The largest absolute Gasteiger partial charge is 0.355 e. The molecular formula is C15H15BrClNO3. The topological polar surface area (TPSA) is 44.5 Å². The second kappa shape index (κ2) is 6.92. The lowest BCUT2D eigenvalue weighted by Crippen LogP contribution is -2.22. The fourth-order valence-corrected chi connectivity index (χ4v) is 2.90. The van der Waals surface area contributed by atoms with Crippen molar-refractivity contribution in [2.24, 2.45) is 0 Å². The predicted octanol–water partition coefficient (Wildman–Crippen LogP) is 4.80. The van der Waals surface area contributed by atoms with Crippen molar-refractivity contribution in [1.82, 2.24) is 5.16 Å². The zero-order valence-electron chi connectivity index (χ0n) is 11.4. The number of rotatable bonds is 4. The smallest absolute Gasteiger partial charge is 0.181 e. The van der Waals surface area contributed by atoms with Crippen LogP contribution < -0.4 is 0 Å². The van der Waals surface area contributed by atoms with Gasteiger partial charge in [-0.2, -0.15) is 0 Å². The Labute approximate surface area is 136 Å². The monoisotopic (exact) mass is 371 g/mol. The maximum absolute atomic E-state index is 6.00. The SMILES string of the molecule is Clc1cccc(-c2onc(COC3CCCCO3)c2Br)c1. The van der Waals surface area contributed by atoms with E-state index in [0.29, 0.717) is 17.4 Å². The molecule has 2 heterocycles. The summed E-state index contributed by atoms with van der Waals surface area (Å²) >= 11 is 9.52. The Kier molecular flexibility index (Phi) is 4.95. The molecule has 21 heavy (non-hydrogen) atoms. The first-order valence-corrected chi connectivity index (χ1v) is 8.04. The molecule has 6 heteroatoms. The van der Waals surface area contributed by atoms with Crippen LogP contribution in [0.15, 0.2) is 33.3 Å². The molecule has 2 aromatic rings. The Bertz CT molecular complexity index is 611. The summed E-state index contributed by atoms with van der Waals surface area (Å²) in [6, 6.07) is 7.45. The molecule has 1 unspecified atom stereocenters. The molecule has 0 spiro atoms. The van der Waals surface area contributed by atoms with Gasteiger partial charge >= 0.3 is 0 Å². The van der Waals surface area contributed by atoms with Crippen LogP contribution in [0.3, 0.4) is 0 Å². The van der Waals surface area contributed by atoms with Crippen molar-refractivity contribution < 1.29 is 14.0 Å². The molecule has 1 atom stereocenters. The molecule has 0 saturated carbocycles. The van der Waals surface area contributed by atoms with Crippen molar-refractivity contribution in [2.75, 3.05) is 6.61 Å². The number of ether oxygens (including phenoxy) is 2. The summed E-state index contributed by atoms with van der Waals surface area (Å²) < 4.78 is 17.4. The highest BCUT2D eigenvalue weighted by molar-refractivity contribution is 9.10. The number of benzene rings is 1. The molecule has 1 aromatic carbocycles. The number of nitrogens with zero attached hydrogens (tertiary/aromatic N) is 1. The zero-order chi connectivity index (χ0) is 14.7. The van der Waals surface area contributed by atoms with Gasteiger partial charge in [0, 0.05) is 17.2 Å². The molecule has 0 radical (unpaired) electrons. The molecule has 1 fully saturated rings. The molecule has 0 N–H and O–H groups in total. The van der Waals surface area contributed by atoms with Gasteiger partial charge in [0.05, 0.1) is 11.1 Å². The minimum atomic E-state index is -0.142. The van der Waals surface area contributed by atoms with Crippen molar-refractivity contribution in [3.63, 3.8) is 0 Å². The summed E-state index contributed by atoms with van der Waals surface area (Å²) in [5, 5.41) is 4.72. The van der Waals surface area contributed by atoms with Crippen molar-refractivity contribution in [3.8, 4) is 11.3 Å². The van der Waals surface area contributed by atoms with Crippen LogP contribution in [-0.4, -0.2) is 18.1 Å². The highest BCUT2D eigenvalue weighted by atomic mass is 79.9. The third kappa shape index (κ3) is 3.66. The van der Waals surface area contributed by atoms with Gasteiger partial charge in [-0.05, 0) is 47.3 Å². The maximum Gasteiger partial charge on any atom is 0.181 e. The van der Waals surface area contributed by atoms with E-state index in [9.17, 15) is 0 Å². The van der Waals surface area contributed by atoms with Crippen LogP contribution in [-0.2, 0) is 16.1 Å². The first-order valence-electron chi connectivity index (χ1n) is 6.87. The van der Waals surface area contributed by atoms with Crippen LogP contribution in [0.25, 0.3) is 11.3 Å². The second-order valence-electron chi connectivity index (χ2n) is 4.89. The first-order chi connectivity index (χ1) is 10.2. The quantitative estimate of drug-likeness (QED) is 0.773. The summed E-state index contributed by atoms with van der Waals surface area (Å²) in [7, 11) is 0. The Balaban J connectivity index is 1.70. The van der Waals surface area contributed by atoms with E-state index in [1.165, 1.54) is 0 Å². The van der Waals surface area contributed by atoms with Crippen LogP contribution in [0.2, 0.25) is 5.02 Å². The van der Waals surface area contributed by atoms with E-state index in [1.807, 2.05) is 24.3 Å². The van der Waals surface area contributed by atoms with Gasteiger partial charge in [-0.15, -0.1) is 0 Å². The highest BCUT2D eigenvalue weighted by Gasteiger charge is 2.19. The molecule has 4 nitrogen and oxygen atoms in total. The summed E-state index contributed by atoms with van der Waals surface area (Å²) in [4.78, 5) is 0. The summed E-state index contributed by atoms with van der Waals surface area (Å²) in [5.74, 6) is 0.653. The zero-order valence-corrected chi connectivity index (χ0v) is 13.7. The van der Waals surface area contributed by atoms with Crippen molar-refractivity contribution in [1.29, 1.82) is 0 Å². The molecule has 0 aliphatic carbocycles. The minimum absolute atomic E-state index is 0.142. The second-order valence-corrected chi connectivity index (χ2v) is 6.12. The van der Waals surface area contributed by atoms with Gasteiger partial charge in [-0.25, -0.2) is 0 Å². The third-order valence-corrected chi connectivity index (χ3v) is 4.38. The maximum atomic E-state index is 6.00. The number of aromatic nitrogens is 1. The predicted molar refractivity (Wildman–Crippen MR) is 83.0 cm³/mol. The number of hydrogen-bond donors (Lipinski definition) is 0. The fraction of sp³-hybridized carbons (Fsp3) is 0.400. The molecule has 0 amide bonds. The van der Waals surface area contributed by atoms with Gasteiger partial charge in [0.25, 0.3) is 0 Å². The summed E-state index contributed by atoms with van der Waals surface area (Å²) in [5.41, 5.74) is 1.60. The van der Waals surface area contributed by atoms with E-state index in [-0.39, 0.29) is 6.29 Å². The third-order valence-electron chi connectivity index (χ3n) is 3.33. The molecule has 112 valence electrons. The van der Waals surface area contributed by atoms with Gasteiger partial charge in [-0.3, -0.25) is 0 Å². The normalized spacial score (nSPS) is 18.9. The molecule has 3 rings (SSSR count). The van der Waals surface area contributed by atoms with Crippen LogP contribution in [0.1, 0.15) is 25.0 Å². The van der Waals surface area contributed by atoms with E-state index < -0.39 is 0 Å².